The molecule has 0 aliphatic carbocycles. The van der Waals surface area contributed by atoms with Gasteiger partial charge in [-0.05, 0) is 30.7 Å². The van der Waals surface area contributed by atoms with Gasteiger partial charge in [-0.25, -0.2) is 26.6 Å². The molecule has 32 heavy (non-hydrogen) atoms. The molecule has 3 aromatic rings. The van der Waals surface area contributed by atoms with Crippen molar-refractivity contribution in [3.63, 3.8) is 0 Å². The molecular formula is C19H20N4O7S2. The first kappa shape index (κ1) is 22.2. The van der Waals surface area contributed by atoms with Crippen molar-refractivity contribution < 1.29 is 26.7 Å². The second kappa shape index (κ2) is 7.83. The standard InChI is InChI=1S/C19H20N4O7S2/c1-31(27,28)15-6-2-3-7-16(15)32(29,30)21-10-8-13(11-21)23-18-14(5-4-9-20-18)22(19(23)26)12-17(24)25/h2-7,9,13H,8,10-12H2,1H3,(H,24,25). The molecule has 4 rings (SSSR count). The van der Waals surface area contributed by atoms with Crippen LogP contribution in [-0.4, -0.2) is 65.7 Å². The molecule has 1 aliphatic heterocycles. The Balaban J connectivity index is 1.74. The van der Waals surface area contributed by atoms with Gasteiger partial charge in [-0.2, -0.15) is 4.31 Å². The Bertz CT molecular complexity index is 1490. The molecular weight excluding hydrogens is 460 g/mol. The van der Waals surface area contributed by atoms with Crippen molar-refractivity contribution >= 4 is 37.0 Å². The smallest absolute Gasteiger partial charge is 0.331 e. The summed E-state index contributed by atoms with van der Waals surface area (Å²) < 4.78 is 54.2. The predicted molar refractivity (Wildman–Crippen MR) is 114 cm³/mol. The summed E-state index contributed by atoms with van der Waals surface area (Å²) in [7, 11) is -7.94. The molecule has 1 fully saturated rings. The number of hydrogen-bond donors (Lipinski definition) is 1. The number of sulfone groups is 1. The number of carbonyl (C=O) groups is 1. The molecule has 0 spiro atoms. The fourth-order valence-corrected chi connectivity index (χ4v) is 7.07. The lowest BCUT2D eigenvalue weighted by Crippen LogP contribution is -2.33. The van der Waals surface area contributed by atoms with Gasteiger partial charge in [0.25, 0.3) is 0 Å². The van der Waals surface area contributed by atoms with E-state index in [2.05, 4.69) is 4.98 Å². The van der Waals surface area contributed by atoms with E-state index in [-0.39, 0.29) is 34.9 Å². The maximum Gasteiger partial charge on any atom is 0.331 e. The van der Waals surface area contributed by atoms with Crippen LogP contribution in [0.2, 0.25) is 0 Å². The van der Waals surface area contributed by atoms with Crippen molar-refractivity contribution in [1.82, 2.24) is 18.4 Å². The number of carboxylic acids is 1. The molecule has 1 unspecified atom stereocenters. The molecule has 0 saturated carbocycles. The van der Waals surface area contributed by atoms with E-state index in [1.165, 1.54) is 35.0 Å². The normalized spacial score (nSPS) is 17.7. The fourth-order valence-electron chi connectivity index (χ4n) is 3.97. The van der Waals surface area contributed by atoms with Crippen molar-refractivity contribution in [3.8, 4) is 0 Å². The van der Waals surface area contributed by atoms with E-state index < -0.39 is 44.1 Å². The zero-order valence-corrected chi connectivity index (χ0v) is 18.6. The van der Waals surface area contributed by atoms with E-state index in [9.17, 15) is 26.4 Å². The molecule has 13 heteroatoms. The Kier molecular flexibility index (Phi) is 5.43. The molecule has 0 bridgehead atoms. The van der Waals surface area contributed by atoms with E-state index in [1.54, 1.807) is 12.1 Å². The number of benzene rings is 1. The van der Waals surface area contributed by atoms with Gasteiger partial charge in [0.05, 0.1) is 16.5 Å². The lowest BCUT2D eigenvalue weighted by atomic mass is 10.2. The van der Waals surface area contributed by atoms with Gasteiger partial charge < -0.3 is 5.11 Å². The number of aliphatic carboxylic acids is 1. The third kappa shape index (κ3) is 3.72. The highest BCUT2D eigenvalue weighted by Crippen LogP contribution is 2.31. The van der Waals surface area contributed by atoms with E-state index >= 15 is 0 Å². The van der Waals surface area contributed by atoms with Gasteiger partial charge in [-0.1, -0.05) is 12.1 Å². The summed E-state index contributed by atoms with van der Waals surface area (Å²) in [6, 6.07) is 7.95. The van der Waals surface area contributed by atoms with Crippen LogP contribution in [0.25, 0.3) is 11.2 Å². The molecule has 11 nitrogen and oxygen atoms in total. The Morgan fingerprint density at radius 2 is 1.81 bits per heavy atom. The molecule has 1 aliphatic rings. The Morgan fingerprint density at radius 1 is 1.12 bits per heavy atom. The highest BCUT2D eigenvalue weighted by molar-refractivity contribution is 7.93. The monoisotopic (exact) mass is 480 g/mol. The second-order valence-electron chi connectivity index (χ2n) is 7.50. The van der Waals surface area contributed by atoms with Gasteiger partial charge >= 0.3 is 11.7 Å². The quantitative estimate of drug-likeness (QED) is 0.530. The van der Waals surface area contributed by atoms with E-state index in [1.807, 2.05) is 0 Å². The van der Waals surface area contributed by atoms with Crippen LogP contribution in [0, 0.1) is 0 Å². The molecule has 1 aromatic carbocycles. The second-order valence-corrected chi connectivity index (χ2v) is 11.4. The minimum Gasteiger partial charge on any atom is -0.480 e. The lowest BCUT2D eigenvalue weighted by molar-refractivity contribution is -0.137. The maximum absolute atomic E-state index is 13.3. The largest absolute Gasteiger partial charge is 0.480 e. The summed E-state index contributed by atoms with van der Waals surface area (Å²) in [5, 5.41) is 9.17. The molecule has 2 aromatic heterocycles. The maximum atomic E-state index is 13.3. The first-order valence-electron chi connectivity index (χ1n) is 9.58. The van der Waals surface area contributed by atoms with Crippen LogP contribution in [0.3, 0.4) is 0 Å². The highest BCUT2D eigenvalue weighted by atomic mass is 32.2. The van der Waals surface area contributed by atoms with Crippen LogP contribution in [0.1, 0.15) is 12.5 Å². The lowest BCUT2D eigenvalue weighted by Gasteiger charge is -2.18. The summed E-state index contributed by atoms with van der Waals surface area (Å²) in [6.45, 7) is -0.566. The minimum absolute atomic E-state index is 0.0655. The van der Waals surface area contributed by atoms with E-state index in [0.29, 0.717) is 5.52 Å². The number of hydrogen-bond acceptors (Lipinski definition) is 7. The minimum atomic E-state index is -4.15. The summed E-state index contributed by atoms with van der Waals surface area (Å²) in [4.78, 5) is 27.8. The van der Waals surface area contributed by atoms with Gasteiger partial charge in [0, 0.05) is 25.5 Å². The molecule has 1 N–H and O–H groups in total. The van der Waals surface area contributed by atoms with Gasteiger partial charge in [-0.15, -0.1) is 0 Å². The number of fused-ring (bicyclic) bond motifs is 1. The first-order chi connectivity index (χ1) is 15.0. The molecule has 0 amide bonds. The number of carboxylic acid groups (broad SMARTS) is 1. The molecule has 1 saturated heterocycles. The van der Waals surface area contributed by atoms with Crippen molar-refractivity contribution in [3.05, 3.63) is 53.1 Å². The van der Waals surface area contributed by atoms with Crippen LogP contribution >= 0.6 is 0 Å². The van der Waals surface area contributed by atoms with Crippen LogP contribution in [0.5, 0.6) is 0 Å². The van der Waals surface area contributed by atoms with Crippen LogP contribution < -0.4 is 5.69 Å². The van der Waals surface area contributed by atoms with Crippen LogP contribution in [0.15, 0.2) is 57.2 Å². The summed E-state index contributed by atoms with van der Waals surface area (Å²) >= 11 is 0. The molecule has 170 valence electrons. The Morgan fingerprint density at radius 3 is 2.47 bits per heavy atom. The average Bonchev–Trinajstić information content (AvgIpc) is 3.31. The Labute approximate surface area is 183 Å². The Hall–Kier alpha value is -3.03. The van der Waals surface area contributed by atoms with Gasteiger partial charge in [0.1, 0.15) is 11.4 Å². The van der Waals surface area contributed by atoms with Crippen molar-refractivity contribution in [2.24, 2.45) is 0 Å². The molecule has 0 radical (unpaired) electrons. The third-order valence-corrected chi connectivity index (χ3v) is 8.58. The highest BCUT2D eigenvalue weighted by Gasteiger charge is 2.37. The fraction of sp³-hybridized carbons (Fsp3) is 0.316. The van der Waals surface area contributed by atoms with Crippen molar-refractivity contribution in [2.75, 3.05) is 19.3 Å². The summed E-state index contributed by atoms with van der Waals surface area (Å²) in [5.74, 6) is -1.19. The van der Waals surface area contributed by atoms with E-state index in [0.717, 1.165) is 15.1 Å². The van der Waals surface area contributed by atoms with E-state index in [4.69, 9.17) is 5.11 Å². The number of nitrogens with zero attached hydrogens (tertiary/aromatic N) is 4. The zero-order chi connectivity index (χ0) is 23.3. The zero-order valence-electron chi connectivity index (χ0n) is 16.9. The topological polar surface area (TPSA) is 149 Å². The SMILES string of the molecule is CS(=O)(=O)c1ccccc1S(=O)(=O)N1CCC(n2c(=O)n(CC(=O)O)c3cccnc32)C1. The third-order valence-electron chi connectivity index (χ3n) is 5.37. The summed E-state index contributed by atoms with van der Waals surface area (Å²) in [5.41, 5.74) is 0.00467. The number of pyridine rings is 1. The predicted octanol–water partition coefficient (Wildman–Crippen LogP) is 0.322. The van der Waals surface area contributed by atoms with Crippen molar-refractivity contribution in [1.29, 1.82) is 0 Å². The van der Waals surface area contributed by atoms with Gasteiger partial charge in [0.15, 0.2) is 15.5 Å². The number of imidazole rings is 1. The van der Waals surface area contributed by atoms with Gasteiger partial charge in [0.2, 0.25) is 10.0 Å². The number of rotatable bonds is 6. The average molecular weight is 481 g/mol. The van der Waals surface area contributed by atoms with Crippen LogP contribution in [-0.2, 0) is 31.2 Å². The number of sulfonamides is 1. The molecule has 1 atom stereocenters. The molecule has 3 heterocycles. The number of aromatic nitrogens is 3. The van der Waals surface area contributed by atoms with Crippen LogP contribution in [0.4, 0.5) is 0 Å². The van der Waals surface area contributed by atoms with Gasteiger partial charge in [-0.3, -0.25) is 13.9 Å². The summed E-state index contributed by atoms with van der Waals surface area (Å²) in [6.07, 6.45) is 2.69. The van der Waals surface area contributed by atoms with Crippen molar-refractivity contribution in [2.45, 2.75) is 28.8 Å². The first-order valence-corrected chi connectivity index (χ1v) is 12.9.